The van der Waals surface area contributed by atoms with Crippen molar-refractivity contribution in [3.63, 3.8) is 0 Å². The predicted octanol–water partition coefficient (Wildman–Crippen LogP) is 4.96. The summed E-state index contributed by atoms with van der Waals surface area (Å²) in [5.41, 5.74) is 5.83. The monoisotopic (exact) mass is 447 g/mol. The number of benzene rings is 2. The number of aromatic nitrogens is 1. The molecule has 0 spiro atoms. The van der Waals surface area contributed by atoms with Crippen LogP contribution in [0.4, 0.5) is 5.13 Å². The first-order valence-electron chi connectivity index (χ1n) is 8.19. The van der Waals surface area contributed by atoms with Gasteiger partial charge in [0.05, 0.1) is 18.5 Å². The minimum absolute atomic E-state index is 0. The summed E-state index contributed by atoms with van der Waals surface area (Å²) in [7, 11) is 0. The Balaban J connectivity index is 0.00000210. The largest absolute Gasteiger partial charge is 0.494 e. The maximum Gasteiger partial charge on any atom is 0.231 e. The zero-order valence-corrected chi connectivity index (χ0v) is 17.1. The average Bonchev–Trinajstić information content (AvgIpc) is 3.32. The summed E-state index contributed by atoms with van der Waals surface area (Å²) in [6, 6.07) is 13.6. The van der Waals surface area contributed by atoms with Gasteiger partial charge in [-0.2, -0.15) is 5.10 Å². The molecule has 0 amide bonds. The summed E-state index contributed by atoms with van der Waals surface area (Å²) in [6.07, 6.45) is 1.72. The number of hydrogen-bond acceptors (Lipinski definition) is 7. The molecular formula is C19H18BrN3O3S. The molecule has 0 atom stereocenters. The van der Waals surface area contributed by atoms with Gasteiger partial charge in [0, 0.05) is 10.9 Å². The van der Waals surface area contributed by atoms with E-state index in [9.17, 15) is 0 Å². The Kier molecular flexibility index (Phi) is 6.31. The number of rotatable bonds is 6. The second-order valence-corrected chi connectivity index (χ2v) is 6.34. The summed E-state index contributed by atoms with van der Waals surface area (Å²) in [5, 5.41) is 6.96. The molecule has 0 aliphatic carbocycles. The van der Waals surface area contributed by atoms with Gasteiger partial charge in [0.25, 0.3) is 0 Å². The molecule has 140 valence electrons. The summed E-state index contributed by atoms with van der Waals surface area (Å²) in [6.45, 7) is 2.89. The molecule has 4 rings (SSSR count). The number of fused-ring (bicyclic) bond motifs is 1. The van der Waals surface area contributed by atoms with Crippen LogP contribution < -0.4 is 19.6 Å². The van der Waals surface area contributed by atoms with Crippen molar-refractivity contribution >= 4 is 39.7 Å². The van der Waals surface area contributed by atoms with E-state index in [0.717, 1.165) is 39.2 Å². The van der Waals surface area contributed by atoms with E-state index in [2.05, 4.69) is 15.5 Å². The van der Waals surface area contributed by atoms with Crippen LogP contribution in [0.1, 0.15) is 12.5 Å². The van der Waals surface area contributed by atoms with Gasteiger partial charge < -0.3 is 14.2 Å². The maximum absolute atomic E-state index is 5.46. The molecule has 1 N–H and O–H groups in total. The summed E-state index contributed by atoms with van der Waals surface area (Å²) in [5.74, 6) is 2.36. The van der Waals surface area contributed by atoms with Crippen molar-refractivity contribution in [3.05, 3.63) is 53.4 Å². The summed E-state index contributed by atoms with van der Waals surface area (Å²) in [4.78, 5) is 4.55. The molecule has 8 heteroatoms. The van der Waals surface area contributed by atoms with Gasteiger partial charge in [0.1, 0.15) is 5.75 Å². The highest BCUT2D eigenvalue weighted by molar-refractivity contribution is 8.93. The number of ether oxygens (including phenoxy) is 3. The van der Waals surface area contributed by atoms with Gasteiger partial charge in [-0.3, -0.25) is 5.43 Å². The summed E-state index contributed by atoms with van der Waals surface area (Å²) >= 11 is 1.50. The van der Waals surface area contributed by atoms with Crippen molar-refractivity contribution in [2.24, 2.45) is 5.10 Å². The first-order valence-corrected chi connectivity index (χ1v) is 9.07. The lowest BCUT2D eigenvalue weighted by Crippen LogP contribution is -1.93. The quantitative estimate of drug-likeness (QED) is 0.427. The van der Waals surface area contributed by atoms with Gasteiger partial charge in [-0.05, 0) is 55.0 Å². The van der Waals surface area contributed by atoms with Gasteiger partial charge in [-0.1, -0.05) is 0 Å². The van der Waals surface area contributed by atoms with Crippen LogP contribution in [0.15, 0.2) is 52.9 Å². The molecule has 0 fully saturated rings. The molecule has 3 aromatic rings. The van der Waals surface area contributed by atoms with Crippen molar-refractivity contribution in [1.29, 1.82) is 0 Å². The third-order valence-electron chi connectivity index (χ3n) is 3.74. The smallest absolute Gasteiger partial charge is 0.231 e. The van der Waals surface area contributed by atoms with Crippen LogP contribution in [0, 0.1) is 0 Å². The van der Waals surface area contributed by atoms with Gasteiger partial charge in [-0.25, -0.2) is 4.98 Å². The van der Waals surface area contributed by atoms with Crippen LogP contribution in [0.5, 0.6) is 17.2 Å². The first kappa shape index (κ1) is 19.2. The minimum atomic E-state index is 0. The predicted molar refractivity (Wildman–Crippen MR) is 113 cm³/mol. The fourth-order valence-electron chi connectivity index (χ4n) is 2.50. The van der Waals surface area contributed by atoms with Crippen molar-refractivity contribution < 1.29 is 14.2 Å². The van der Waals surface area contributed by atoms with Crippen molar-refractivity contribution in [3.8, 4) is 28.5 Å². The van der Waals surface area contributed by atoms with Gasteiger partial charge in [0.15, 0.2) is 11.5 Å². The third-order valence-corrected chi connectivity index (χ3v) is 4.48. The Morgan fingerprint density at radius 1 is 1.19 bits per heavy atom. The zero-order valence-electron chi connectivity index (χ0n) is 14.5. The Labute approximate surface area is 171 Å². The Bertz CT molecular complexity index is 928. The Morgan fingerprint density at radius 3 is 2.81 bits per heavy atom. The van der Waals surface area contributed by atoms with Crippen LogP contribution in [-0.2, 0) is 0 Å². The van der Waals surface area contributed by atoms with Crippen LogP contribution in [0.2, 0.25) is 0 Å². The molecule has 2 aromatic carbocycles. The van der Waals surface area contributed by atoms with E-state index in [-0.39, 0.29) is 23.8 Å². The van der Waals surface area contributed by atoms with Crippen LogP contribution in [0.25, 0.3) is 11.3 Å². The molecule has 2 heterocycles. The SMILES string of the molecule is Br.CCOc1ccc(-c2csc(N/N=C/c3ccc4c(c3)OCO4)n2)cc1. The van der Waals surface area contributed by atoms with Crippen molar-refractivity contribution in [1.82, 2.24) is 4.98 Å². The highest BCUT2D eigenvalue weighted by Crippen LogP contribution is 2.32. The third kappa shape index (κ3) is 4.58. The number of anilines is 1. The molecule has 1 aliphatic rings. The standard InChI is InChI=1S/C19H17N3O3S.BrH/c1-2-23-15-6-4-14(5-7-15)16-11-26-19(21-16)22-20-10-13-3-8-17-18(9-13)25-12-24-17;/h3-11H,2,12H2,1H3,(H,21,22);1H/b20-10+;. The number of nitrogens with zero attached hydrogens (tertiary/aromatic N) is 2. The molecule has 0 radical (unpaired) electrons. The van der Waals surface area contributed by atoms with Crippen LogP contribution >= 0.6 is 28.3 Å². The highest BCUT2D eigenvalue weighted by Gasteiger charge is 2.12. The van der Waals surface area contributed by atoms with Crippen molar-refractivity contribution in [2.75, 3.05) is 18.8 Å². The van der Waals surface area contributed by atoms with Gasteiger partial charge in [0.2, 0.25) is 11.9 Å². The second-order valence-electron chi connectivity index (χ2n) is 5.48. The van der Waals surface area contributed by atoms with E-state index in [0.29, 0.717) is 6.61 Å². The van der Waals surface area contributed by atoms with Crippen LogP contribution in [-0.4, -0.2) is 24.6 Å². The molecule has 6 nitrogen and oxygen atoms in total. The fourth-order valence-corrected chi connectivity index (χ4v) is 3.17. The molecule has 0 saturated heterocycles. The van der Waals surface area contributed by atoms with Gasteiger partial charge >= 0.3 is 0 Å². The number of nitrogens with one attached hydrogen (secondary N) is 1. The fraction of sp³-hybridized carbons (Fsp3) is 0.158. The average molecular weight is 448 g/mol. The Hall–Kier alpha value is -2.58. The molecule has 1 aromatic heterocycles. The molecule has 27 heavy (non-hydrogen) atoms. The Morgan fingerprint density at radius 2 is 2.00 bits per heavy atom. The lowest BCUT2D eigenvalue weighted by Gasteiger charge is -2.03. The number of thiazole rings is 1. The van der Waals surface area contributed by atoms with Crippen LogP contribution in [0.3, 0.4) is 0 Å². The zero-order chi connectivity index (χ0) is 17.8. The maximum atomic E-state index is 5.46. The lowest BCUT2D eigenvalue weighted by molar-refractivity contribution is 0.174. The molecular weight excluding hydrogens is 430 g/mol. The van der Waals surface area contributed by atoms with E-state index in [4.69, 9.17) is 14.2 Å². The van der Waals surface area contributed by atoms with E-state index in [1.165, 1.54) is 11.3 Å². The molecule has 1 aliphatic heterocycles. The lowest BCUT2D eigenvalue weighted by atomic mass is 10.2. The van der Waals surface area contributed by atoms with E-state index in [1.54, 1.807) is 6.21 Å². The molecule has 0 unspecified atom stereocenters. The number of halogens is 1. The molecule has 0 bridgehead atoms. The molecule has 0 saturated carbocycles. The highest BCUT2D eigenvalue weighted by atomic mass is 79.9. The van der Waals surface area contributed by atoms with Crippen molar-refractivity contribution in [2.45, 2.75) is 6.92 Å². The second kappa shape index (κ2) is 8.88. The normalized spacial score (nSPS) is 12.0. The number of hydrogen-bond donors (Lipinski definition) is 1. The van der Waals surface area contributed by atoms with Gasteiger partial charge in [-0.15, -0.1) is 28.3 Å². The topological polar surface area (TPSA) is 65.0 Å². The first-order chi connectivity index (χ1) is 12.8. The number of hydrazone groups is 1. The van der Waals surface area contributed by atoms with E-state index < -0.39 is 0 Å². The van der Waals surface area contributed by atoms with E-state index >= 15 is 0 Å². The van der Waals surface area contributed by atoms with E-state index in [1.807, 2.05) is 54.8 Å². The minimum Gasteiger partial charge on any atom is -0.494 e. The summed E-state index contributed by atoms with van der Waals surface area (Å²) < 4.78 is 16.1.